The van der Waals surface area contributed by atoms with Gasteiger partial charge in [0.2, 0.25) is 0 Å². The lowest BCUT2D eigenvalue weighted by Gasteiger charge is -2.27. The molecular formula is C21H25N5O. The van der Waals surface area contributed by atoms with Crippen molar-refractivity contribution >= 4 is 17.4 Å². The number of nitrogens with one attached hydrogen (secondary N) is 2. The number of likely N-dealkylation sites (N-methyl/N-ethyl adjacent to an activating group) is 1. The molecule has 140 valence electrons. The molecule has 0 bridgehead atoms. The summed E-state index contributed by atoms with van der Waals surface area (Å²) in [7, 11) is 2.03. The van der Waals surface area contributed by atoms with Crippen molar-refractivity contribution in [1.82, 2.24) is 15.1 Å². The van der Waals surface area contributed by atoms with Crippen LogP contribution in [0.1, 0.15) is 12.5 Å². The maximum absolute atomic E-state index is 12.2. The summed E-state index contributed by atoms with van der Waals surface area (Å²) in [6, 6.07) is 19.8. The highest BCUT2D eigenvalue weighted by molar-refractivity contribution is 5.89. The van der Waals surface area contributed by atoms with E-state index in [1.54, 1.807) is 6.20 Å². The first kappa shape index (κ1) is 18.5. The Morgan fingerprint density at radius 1 is 1.15 bits per heavy atom. The Morgan fingerprint density at radius 3 is 2.70 bits per heavy atom. The molecule has 1 atom stereocenters. The van der Waals surface area contributed by atoms with E-state index in [0.717, 1.165) is 16.9 Å². The smallest absolute Gasteiger partial charge is 0.319 e. The van der Waals surface area contributed by atoms with Crippen LogP contribution in [0.4, 0.5) is 16.2 Å². The minimum absolute atomic E-state index is 0.171. The normalized spacial score (nSPS) is 11.6. The molecule has 6 heteroatoms. The molecule has 1 aromatic heterocycles. The minimum atomic E-state index is -0.209. The first-order valence-corrected chi connectivity index (χ1v) is 9.01. The summed E-state index contributed by atoms with van der Waals surface area (Å²) >= 11 is 0. The van der Waals surface area contributed by atoms with Crippen LogP contribution >= 0.6 is 0 Å². The van der Waals surface area contributed by atoms with E-state index in [-0.39, 0.29) is 12.1 Å². The number of hydrogen-bond donors (Lipinski definition) is 2. The molecule has 3 rings (SSSR count). The van der Waals surface area contributed by atoms with Gasteiger partial charge in [0.15, 0.2) is 0 Å². The van der Waals surface area contributed by atoms with Gasteiger partial charge in [0.25, 0.3) is 0 Å². The summed E-state index contributed by atoms with van der Waals surface area (Å²) in [6.07, 6.45) is 3.67. The number of carbonyl (C=O) groups excluding carboxylic acids is 1. The fraction of sp³-hybridized carbons (Fsp3) is 0.238. The average Bonchev–Trinajstić information content (AvgIpc) is 3.19. The summed E-state index contributed by atoms with van der Waals surface area (Å²) in [5.41, 5.74) is 2.97. The lowest BCUT2D eigenvalue weighted by atomic mass is 10.2. The van der Waals surface area contributed by atoms with Crippen molar-refractivity contribution < 1.29 is 4.79 Å². The molecule has 1 unspecified atom stereocenters. The second-order valence-electron chi connectivity index (χ2n) is 6.53. The van der Waals surface area contributed by atoms with Crippen LogP contribution in [0.25, 0.3) is 0 Å². The average molecular weight is 363 g/mol. The summed E-state index contributed by atoms with van der Waals surface area (Å²) in [6.45, 7) is 3.30. The number of anilines is 2. The first-order chi connectivity index (χ1) is 13.1. The van der Waals surface area contributed by atoms with E-state index >= 15 is 0 Å². The number of benzene rings is 2. The summed E-state index contributed by atoms with van der Waals surface area (Å²) in [5.74, 6) is 0. The van der Waals surface area contributed by atoms with Crippen LogP contribution in [0.5, 0.6) is 0 Å². The molecule has 0 saturated carbocycles. The van der Waals surface area contributed by atoms with Gasteiger partial charge in [0, 0.05) is 43.4 Å². The monoisotopic (exact) mass is 363 g/mol. The summed E-state index contributed by atoms with van der Waals surface area (Å²) in [4.78, 5) is 14.4. The van der Waals surface area contributed by atoms with Gasteiger partial charge in [-0.2, -0.15) is 5.10 Å². The Kier molecular flexibility index (Phi) is 6.10. The highest BCUT2D eigenvalue weighted by Gasteiger charge is 2.11. The van der Waals surface area contributed by atoms with Crippen molar-refractivity contribution in [2.75, 3.05) is 23.8 Å². The van der Waals surface area contributed by atoms with Gasteiger partial charge in [-0.05, 0) is 42.8 Å². The van der Waals surface area contributed by atoms with Crippen LogP contribution in [-0.4, -0.2) is 35.4 Å². The number of carbonyl (C=O) groups is 1. The van der Waals surface area contributed by atoms with Crippen molar-refractivity contribution in [3.8, 4) is 0 Å². The predicted octanol–water partition coefficient (Wildman–Crippen LogP) is 3.58. The van der Waals surface area contributed by atoms with Crippen molar-refractivity contribution in [1.29, 1.82) is 0 Å². The Bertz CT molecular complexity index is 848. The number of nitrogens with zero attached hydrogens (tertiary/aromatic N) is 3. The second-order valence-corrected chi connectivity index (χ2v) is 6.53. The molecule has 3 aromatic rings. The van der Waals surface area contributed by atoms with Crippen molar-refractivity contribution in [2.24, 2.45) is 0 Å². The Balaban J connectivity index is 1.50. The molecule has 0 aliphatic rings. The van der Waals surface area contributed by atoms with Crippen molar-refractivity contribution in [2.45, 2.75) is 19.5 Å². The molecule has 0 fully saturated rings. The molecule has 0 aliphatic carbocycles. The molecule has 0 spiro atoms. The summed E-state index contributed by atoms with van der Waals surface area (Å²) in [5, 5.41) is 10.0. The first-order valence-electron chi connectivity index (χ1n) is 9.01. The van der Waals surface area contributed by atoms with E-state index in [9.17, 15) is 4.79 Å². The third-order valence-corrected chi connectivity index (χ3v) is 4.47. The zero-order valence-corrected chi connectivity index (χ0v) is 15.7. The number of aromatic nitrogens is 2. The lowest BCUT2D eigenvalue weighted by molar-refractivity contribution is 0.251. The molecule has 0 aliphatic heterocycles. The third-order valence-electron chi connectivity index (χ3n) is 4.47. The van der Waals surface area contributed by atoms with Gasteiger partial charge in [0.1, 0.15) is 0 Å². The number of urea groups is 1. The molecule has 2 amide bonds. The molecule has 6 nitrogen and oxygen atoms in total. The fourth-order valence-corrected chi connectivity index (χ4v) is 2.80. The Labute approximate surface area is 159 Å². The fourth-order valence-electron chi connectivity index (χ4n) is 2.80. The zero-order chi connectivity index (χ0) is 19.1. The zero-order valence-electron chi connectivity index (χ0n) is 15.7. The van der Waals surface area contributed by atoms with E-state index in [2.05, 4.69) is 39.7 Å². The number of hydrogen-bond acceptors (Lipinski definition) is 3. The molecule has 2 aromatic carbocycles. The van der Waals surface area contributed by atoms with Gasteiger partial charge in [-0.25, -0.2) is 4.79 Å². The second kappa shape index (κ2) is 8.89. The van der Waals surface area contributed by atoms with Crippen LogP contribution in [0.3, 0.4) is 0 Å². The Morgan fingerprint density at radius 2 is 1.96 bits per heavy atom. The van der Waals surface area contributed by atoms with Gasteiger partial charge in [-0.1, -0.05) is 30.3 Å². The van der Waals surface area contributed by atoms with Gasteiger partial charge in [-0.15, -0.1) is 0 Å². The lowest BCUT2D eigenvalue weighted by Crippen LogP contribution is -2.41. The quantitative estimate of drug-likeness (QED) is 0.674. The van der Waals surface area contributed by atoms with Gasteiger partial charge in [-0.3, -0.25) is 4.68 Å². The SMILES string of the molecule is CC(CNC(=O)Nc1cccc(Cn2cccn2)c1)N(C)c1ccccc1. The van der Waals surface area contributed by atoms with E-state index in [0.29, 0.717) is 13.1 Å². The molecule has 1 heterocycles. The van der Waals surface area contributed by atoms with E-state index in [4.69, 9.17) is 0 Å². The van der Waals surface area contributed by atoms with Gasteiger partial charge >= 0.3 is 6.03 Å². The van der Waals surface area contributed by atoms with Crippen molar-refractivity contribution in [3.63, 3.8) is 0 Å². The van der Waals surface area contributed by atoms with Gasteiger partial charge < -0.3 is 15.5 Å². The molecule has 0 saturated heterocycles. The van der Waals surface area contributed by atoms with Gasteiger partial charge in [0.05, 0.1) is 6.54 Å². The van der Waals surface area contributed by atoms with E-state index in [1.807, 2.05) is 66.5 Å². The maximum atomic E-state index is 12.2. The van der Waals surface area contributed by atoms with E-state index < -0.39 is 0 Å². The molecule has 27 heavy (non-hydrogen) atoms. The van der Waals surface area contributed by atoms with E-state index in [1.165, 1.54) is 0 Å². The number of para-hydroxylation sites is 1. The van der Waals surface area contributed by atoms with Crippen LogP contribution < -0.4 is 15.5 Å². The third kappa shape index (κ3) is 5.34. The minimum Gasteiger partial charge on any atom is -0.370 e. The highest BCUT2D eigenvalue weighted by Crippen LogP contribution is 2.14. The van der Waals surface area contributed by atoms with Crippen molar-refractivity contribution in [3.05, 3.63) is 78.6 Å². The van der Waals surface area contributed by atoms with Crippen LogP contribution in [0.2, 0.25) is 0 Å². The van der Waals surface area contributed by atoms with Crippen LogP contribution in [0.15, 0.2) is 73.1 Å². The molecule has 0 radical (unpaired) electrons. The number of amides is 2. The highest BCUT2D eigenvalue weighted by atomic mass is 16.2. The summed E-state index contributed by atoms with van der Waals surface area (Å²) < 4.78 is 1.85. The predicted molar refractivity (Wildman–Crippen MR) is 109 cm³/mol. The number of rotatable bonds is 7. The van der Waals surface area contributed by atoms with Crippen LogP contribution in [-0.2, 0) is 6.54 Å². The largest absolute Gasteiger partial charge is 0.370 e. The molecular weight excluding hydrogens is 338 g/mol. The van der Waals surface area contributed by atoms with Crippen LogP contribution in [0, 0.1) is 0 Å². The standard InChI is InChI=1S/C21H25N5O/c1-17(25(2)20-10-4-3-5-11-20)15-22-21(27)24-19-9-6-8-18(14-19)16-26-13-7-12-23-26/h3-14,17H,15-16H2,1-2H3,(H2,22,24,27). The molecule has 2 N–H and O–H groups in total. The topological polar surface area (TPSA) is 62.2 Å². The Hall–Kier alpha value is -3.28. The maximum Gasteiger partial charge on any atom is 0.319 e.